The lowest BCUT2D eigenvalue weighted by molar-refractivity contribution is 0.474. The van der Waals surface area contributed by atoms with Crippen LogP contribution in [0.2, 0.25) is 5.02 Å². The minimum absolute atomic E-state index is 0.137. The molecule has 0 saturated heterocycles. The van der Waals surface area contributed by atoms with Crippen LogP contribution >= 0.6 is 11.6 Å². The first-order valence-electron chi connectivity index (χ1n) is 9.57. The van der Waals surface area contributed by atoms with Crippen LogP contribution in [-0.4, -0.2) is 16.3 Å². The highest BCUT2D eigenvalue weighted by Crippen LogP contribution is 2.29. The van der Waals surface area contributed by atoms with Crippen LogP contribution in [0.3, 0.4) is 0 Å². The highest BCUT2D eigenvalue weighted by atomic mass is 35.5. The van der Waals surface area contributed by atoms with Crippen LogP contribution in [0.5, 0.6) is 5.75 Å². The van der Waals surface area contributed by atoms with E-state index in [4.69, 9.17) is 16.0 Å². The summed E-state index contributed by atoms with van der Waals surface area (Å²) in [6.07, 6.45) is 2.68. The van der Waals surface area contributed by atoms with Crippen molar-refractivity contribution in [3.05, 3.63) is 76.8 Å². The van der Waals surface area contributed by atoms with E-state index >= 15 is 0 Å². The summed E-state index contributed by atoms with van der Waals surface area (Å²) in [7, 11) is 0. The molecule has 29 heavy (non-hydrogen) atoms. The predicted molar refractivity (Wildman–Crippen MR) is 119 cm³/mol. The number of benzene rings is 3. The van der Waals surface area contributed by atoms with Gasteiger partial charge in [0.25, 0.3) is 0 Å². The van der Waals surface area contributed by atoms with Crippen LogP contribution in [0.25, 0.3) is 22.6 Å². The molecule has 1 atom stereocenters. The average Bonchev–Trinajstić information content (AvgIpc) is 3.17. The zero-order valence-electron chi connectivity index (χ0n) is 16.3. The molecule has 0 aliphatic heterocycles. The molecule has 0 aliphatic rings. The van der Waals surface area contributed by atoms with Crippen molar-refractivity contribution < 1.29 is 9.52 Å². The fourth-order valence-corrected chi connectivity index (χ4v) is 3.25. The molecule has 0 saturated carbocycles. The molecule has 0 bridgehead atoms. The molecule has 0 amide bonds. The van der Waals surface area contributed by atoms with Crippen LogP contribution in [0.4, 0.5) is 5.69 Å². The van der Waals surface area contributed by atoms with Crippen LogP contribution in [0.1, 0.15) is 37.3 Å². The average molecular weight is 405 g/mol. The van der Waals surface area contributed by atoms with Crippen molar-refractivity contribution in [3.63, 3.8) is 0 Å². The summed E-state index contributed by atoms with van der Waals surface area (Å²) in [4.78, 5) is 9.05. The Morgan fingerprint density at radius 1 is 1.10 bits per heavy atom. The number of phenolic OH excluding ortho intramolecular Hbond substituents is 1. The van der Waals surface area contributed by atoms with E-state index < -0.39 is 0 Å². The monoisotopic (exact) mass is 404 g/mol. The van der Waals surface area contributed by atoms with Gasteiger partial charge in [-0.05, 0) is 72.5 Å². The van der Waals surface area contributed by atoms with Crippen molar-refractivity contribution in [1.29, 1.82) is 0 Å². The van der Waals surface area contributed by atoms with Crippen LogP contribution in [-0.2, 0) is 0 Å². The van der Waals surface area contributed by atoms with Gasteiger partial charge >= 0.3 is 0 Å². The van der Waals surface area contributed by atoms with Crippen molar-refractivity contribution in [1.82, 2.24) is 4.98 Å². The number of aromatic nitrogens is 1. The van der Waals surface area contributed by atoms with Crippen LogP contribution in [0.15, 0.2) is 70.1 Å². The number of nitrogens with zero attached hydrogens (tertiary/aromatic N) is 2. The molecule has 0 aliphatic carbocycles. The summed E-state index contributed by atoms with van der Waals surface area (Å²) in [6, 6.07) is 18.7. The lowest BCUT2D eigenvalue weighted by Crippen LogP contribution is -1.90. The Morgan fingerprint density at radius 2 is 1.90 bits per heavy atom. The van der Waals surface area contributed by atoms with E-state index in [2.05, 4.69) is 36.0 Å². The summed E-state index contributed by atoms with van der Waals surface area (Å²) in [5.41, 5.74) is 5.13. The Labute approximate surface area is 174 Å². The molecule has 4 nitrogen and oxygen atoms in total. The van der Waals surface area contributed by atoms with Crippen molar-refractivity contribution in [3.8, 4) is 17.2 Å². The molecule has 4 rings (SSSR count). The van der Waals surface area contributed by atoms with E-state index in [0.29, 0.717) is 22.4 Å². The standard InChI is InChI=1S/C24H21ClN2O2/c1-3-15(2)17-6-11-23-21(13-17)27-24(29-23)16-4-8-20(9-5-16)26-14-18-12-19(25)7-10-22(18)28/h4-15,28H,3H2,1-2H3. The maximum Gasteiger partial charge on any atom is 0.227 e. The Balaban J connectivity index is 1.57. The summed E-state index contributed by atoms with van der Waals surface area (Å²) in [6.45, 7) is 4.39. The molecular weight excluding hydrogens is 384 g/mol. The molecule has 1 heterocycles. The van der Waals surface area contributed by atoms with Gasteiger partial charge in [-0.3, -0.25) is 4.99 Å². The van der Waals surface area contributed by atoms with Gasteiger partial charge in [-0.2, -0.15) is 0 Å². The van der Waals surface area contributed by atoms with Gasteiger partial charge in [-0.15, -0.1) is 0 Å². The van der Waals surface area contributed by atoms with E-state index in [-0.39, 0.29) is 5.75 Å². The number of aliphatic imine (C=N–C) groups is 1. The molecule has 1 N–H and O–H groups in total. The van der Waals surface area contributed by atoms with Crippen molar-refractivity contribution in [2.24, 2.45) is 4.99 Å². The fraction of sp³-hybridized carbons (Fsp3) is 0.167. The third-order valence-corrected chi connectivity index (χ3v) is 5.28. The summed E-state index contributed by atoms with van der Waals surface area (Å²) >= 11 is 5.97. The largest absolute Gasteiger partial charge is 0.507 e. The Morgan fingerprint density at radius 3 is 2.66 bits per heavy atom. The molecule has 0 spiro atoms. The van der Waals surface area contributed by atoms with Crippen LogP contribution < -0.4 is 0 Å². The van der Waals surface area contributed by atoms with Gasteiger partial charge in [0.15, 0.2) is 5.58 Å². The topological polar surface area (TPSA) is 58.6 Å². The molecule has 0 fully saturated rings. The number of aromatic hydroxyl groups is 1. The molecule has 0 radical (unpaired) electrons. The summed E-state index contributed by atoms with van der Waals surface area (Å²) in [5, 5.41) is 10.4. The first-order valence-corrected chi connectivity index (χ1v) is 9.95. The van der Waals surface area contributed by atoms with Crippen molar-refractivity contribution in [2.75, 3.05) is 0 Å². The zero-order valence-corrected chi connectivity index (χ0v) is 17.0. The number of rotatable bonds is 5. The maximum absolute atomic E-state index is 9.87. The normalized spacial score (nSPS) is 12.7. The Hall–Kier alpha value is -3.11. The van der Waals surface area contributed by atoms with Gasteiger partial charge in [0.2, 0.25) is 5.89 Å². The van der Waals surface area contributed by atoms with E-state index in [0.717, 1.165) is 28.8 Å². The minimum atomic E-state index is 0.137. The quantitative estimate of drug-likeness (QED) is 0.360. The third-order valence-electron chi connectivity index (χ3n) is 5.05. The predicted octanol–water partition coefficient (Wildman–Crippen LogP) is 7.12. The number of oxazole rings is 1. The number of hydrogen-bond acceptors (Lipinski definition) is 4. The smallest absolute Gasteiger partial charge is 0.227 e. The van der Waals surface area contributed by atoms with Gasteiger partial charge < -0.3 is 9.52 Å². The van der Waals surface area contributed by atoms with E-state index in [1.807, 2.05) is 30.3 Å². The number of halogens is 1. The maximum atomic E-state index is 9.87. The molecule has 4 aromatic rings. The number of fused-ring (bicyclic) bond motifs is 1. The third kappa shape index (κ3) is 4.17. The van der Waals surface area contributed by atoms with Crippen molar-refractivity contribution in [2.45, 2.75) is 26.2 Å². The Kier molecular flexibility index (Phi) is 5.36. The van der Waals surface area contributed by atoms with Gasteiger partial charge in [0.1, 0.15) is 11.3 Å². The highest BCUT2D eigenvalue weighted by molar-refractivity contribution is 6.30. The molecular formula is C24H21ClN2O2. The van der Waals surface area contributed by atoms with Crippen LogP contribution in [0, 0.1) is 0 Å². The zero-order chi connectivity index (χ0) is 20.4. The van der Waals surface area contributed by atoms with Gasteiger partial charge in [-0.25, -0.2) is 4.98 Å². The highest BCUT2D eigenvalue weighted by Gasteiger charge is 2.11. The van der Waals surface area contributed by atoms with E-state index in [1.165, 1.54) is 5.56 Å². The first kappa shape index (κ1) is 19.2. The molecule has 1 aromatic heterocycles. The lowest BCUT2D eigenvalue weighted by atomic mass is 9.98. The molecule has 1 unspecified atom stereocenters. The van der Waals surface area contributed by atoms with E-state index in [1.54, 1.807) is 24.4 Å². The molecule has 5 heteroatoms. The number of phenols is 1. The summed E-state index contributed by atoms with van der Waals surface area (Å²) in [5.74, 6) is 1.22. The molecule has 146 valence electrons. The van der Waals surface area contributed by atoms with Gasteiger partial charge in [0, 0.05) is 22.4 Å². The second-order valence-corrected chi connectivity index (χ2v) is 7.50. The first-order chi connectivity index (χ1) is 14.0. The Bertz CT molecular complexity index is 1180. The second kappa shape index (κ2) is 8.10. The molecule has 3 aromatic carbocycles. The second-order valence-electron chi connectivity index (χ2n) is 7.06. The van der Waals surface area contributed by atoms with E-state index in [9.17, 15) is 5.11 Å². The lowest BCUT2D eigenvalue weighted by Gasteiger charge is -2.07. The summed E-state index contributed by atoms with van der Waals surface area (Å²) < 4.78 is 5.92. The van der Waals surface area contributed by atoms with Gasteiger partial charge in [0.05, 0.1) is 5.69 Å². The fourth-order valence-electron chi connectivity index (χ4n) is 3.07. The number of hydrogen-bond donors (Lipinski definition) is 1. The van der Waals surface area contributed by atoms with Gasteiger partial charge in [-0.1, -0.05) is 31.5 Å². The minimum Gasteiger partial charge on any atom is -0.507 e. The van der Waals surface area contributed by atoms with Crippen molar-refractivity contribution >= 4 is 34.6 Å². The SMILES string of the molecule is CCC(C)c1ccc2oc(-c3ccc(N=Cc4cc(Cl)ccc4O)cc3)nc2c1.